The molecule has 0 aliphatic carbocycles. The van der Waals surface area contributed by atoms with E-state index in [-0.39, 0.29) is 0 Å². The lowest BCUT2D eigenvalue weighted by Gasteiger charge is -1.97. The Morgan fingerprint density at radius 3 is 3.06 bits per heavy atom. The topological polar surface area (TPSA) is 81.1 Å². The fraction of sp³-hybridized carbons (Fsp3) is 0. The molecule has 0 spiro atoms. The Kier molecular flexibility index (Phi) is 3.16. The smallest absolute Gasteiger partial charge is 0.263 e. The molecular formula is C9H9BrN6. The second-order valence-corrected chi connectivity index (χ2v) is 3.90. The maximum atomic E-state index is 5.49. The Bertz CT molecular complexity index is 506. The van der Waals surface area contributed by atoms with Gasteiger partial charge in [-0.15, -0.1) is 10.2 Å². The van der Waals surface area contributed by atoms with Crippen molar-refractivity contribution < 1.29 is 0 Å². The summed E-state index contributed by atoms with van der Waals surface area (Å²) in [4.78, 5) is 0. The highest BCUT2D eigenvalue weighted by Crippen LogP contribution is 2.09. The Morgan fingerprint density at radius 2 is 2.38 bits per heavy atom. The molecule has 1 aromatic heterocycles. The van der Waals surface area contributed by atoms with E-state index in [1.165, 1.54) is 11.0 Å². The van der Waals surface area contributed by atoms with E-state index in [9.17, 15) is 0 Å². The Labute approximate surface area is 100 Å². The van der Waals surface area contributed by atoms with Crippen molar-refractivity contribution in [2.45, 2.75) is 0 Å². The maximum absolute atomic E-state index is 5.49. The number of halogens is 1. The largest absolute Gasteiger partial charge is 0.335 e. The molecule has 0 aliphatic heterocycles. The average Bonchev–Trinajstić information content (AvgIpc) is 2.65. The minimum atomic E-state index is 0.381. The molecule has 0 unspecified atom stereocenters. The van der Waals surface area contributed by atoms with Gasteiger partial charge in [-0.05, 0) is 17.7 Å². The first-order valence-electron chi connectivity index (χ1n) is 4.45. The van der Waals surface area contributed by atoms with Gasteiger partial charge in [0.1, 0.15) is 6.33 Å². The van der Waals surface area contributed by atoms with Crippen LogP contribution in [-0.4, -0.2) is 21.1 Å². The first kappa shape index (κ1) is 10.6. The van der Waals surface area contributed by atoms with E-state index in [4.69, 9.17) is 5.84 Å². The molecule has 0 saturated heterocycles. The van der Waals surface area contributed by atoms with Crippen LogP contribution in [0.3, 0.4) is 0 Å². The third kappa shape index (κ3) is 2.57. The monoisotopic (exact) mass is 280 g/mol. The van der Waals surface area contributed by atoms with Gasteiger partial charge >= 0.3 is 0 Å². The lowest BCUT2D eigenvalue weighted by atomic mass is 10.2. The molecule has 3 N–H and O–H groups in total. The summed E-state index contributed by atoms with van der Waals surface area (Å²) in [5.41, 5.74) is 3.64. The van der Waals surface area contributed by atoms with Crippen molar-refractivity contribution in [3.8, 4) is 0 Å². The second kappa shape index (κ2) is 4.75. The highest BCUT2D eigenvalue weighted by atomic mass is 79.9. The van der Waals surface area contributed by atoms with Gasteiger partial charge in [-0.2, -0.15) is 5.10 Å². The minimum absolute atomic E-state index is 0.381. The number of nitrogens with one attached hydrogen (secondary N) is 1. The molecule has 2 rings (SSSR count). The molecule has 1 heterocycles. The normalized spacial score (nSPS) is 10.8. The van der Waals surface area contributed by atoms with Gasteiger partial charge in [-0.1, -0.05) is 28.1 Å². The fourth-order valence-corrected chi connectivity index (χ4v) is 1.49. The number of hydrazone groups is 1. The number of benzene rings is 1. The van der Waals surface area contributed by atoms with Crippen LogP contribution in [0.15, 0.2) is 40.2 Å². The predicted molar refractivity (Wildman–Crippen MR) is 65.5 cm³/mol. The summed E-state index contributed by atoms with van der Waals surface area (Å²) in [6.45, 7) is 0. The highest BCUT2D eigenvalue weighted by molar-refractivity contribution is 9.10. The standard InChI is InChI=1S/C9H9BrN6/c10-8-3-1-2-7(4-8)5-12-14-9-15-13-6-16(9)11/h1-6H,11H2,(H,14,15)/b12-5-. The number of nitrogens with two attached hydrogens (primary N) is 1. The van der Waals surface area contributed by atoms with E-state index in [0.29, 0.717) is 5.95 Å². The summed E-state index contributed by atoms with van der Waals surface area (Å²) in [5, 5.41) is 11.3. The zero-order chi connectivity index (χ0) is 11.4. The Hall–Kier alpha value is -1.89. The first-order chi connectivity index (χ1) is 7.75. The molecule has 0 fully saturated rings. The van der Waals surface area contributed by atoms with Crippen molar-refractivity contribution in [1.29, 1.82) is 0 Å². The van der Waals surface area contributed by atoms with Crippen LogP contribution < -0.4 is 11.3 Å². The molecule has 7 heteroatoms. The zero-order valence-electron chi connectivity index (χ0n) is 8.21. The van der Waals surface area contributed by atoms with Gasteiger partial charge in [-0.3, -0.25) is 0 Å². The maximum Gasteiger partial charge on any atom is 0.263 e. The molecule has 6 nitrogen and oxygen atoms in total. The summed E-state index contributed by atoms with van der Waals surface area (Å²) in [5.74, 6) is 5.87. The molecule has 82 valence electrons. The number of nitrogens with zero attached hydrogens (tertiary/aromatic N) is 4. The van der Waals surface area contributed by atoms with Crippen molar-refractivity contribution in [2.24, 2.45) is 5.10 Å². The first-order valence-corrected chi connectivity index (χ1v) is 5.25. The van der Waals surface area contributed by atoms with Crippen LogP contribution in [-0.2, 0) is 0 Å². The summed E-state index contributed by atoms with van der Waals surface area (Å²) >= 11 is 3.38. The molecule has 1 aromatic carbocycles. The number of rotatable bonds is 3. The van der Waals surface area contributed by atoms with E-state index in [0.717, 1.165) is 10.0 Å². The van der Waals surface area contributed by atoms with Crippen LogP contribution >= 0.6 is 15.9 Å². The highest BCUT2D eigenvalue weighted by Gasteiger charge is 1.96. The molecule has 0 atom stereocenters. The Morgan fingerprint density at radius 1 is 1.50 bits per heavy atom. The van der Waals surface area contributed by atoms with Gasteiger partial charge in [-0.25, -0.2) is 10.1 Å². The minimum Gasteiger partial charge on any atom is -0.335 e. The van der Waals surface area contributed by atoms with Gasteiger partial charge in [0.25, 0.3) is 5.95 Å². The fourth-order valence-electron chi connectivity index (χ4n) is 1.07. The molecule has 0 bridgehead atoms. The lowest BCUT2D eigenvalue weighted by molar-refractivity contribution is 0.988. The van der Waals surface area contributed by atoms with Gasteiger partial charge < -0.3 is 5.84 Å². The van der Waals surface area contributed by atoms with Crippen LogP contribution in [0.2, 0.25) is 0 Å². The summed E-state index contributed by atoms with van der Waals surface area (Å²) in [6, 6.07) is 7.75. The summed E-state index contributed by atoms with van der Waals surface area (Å²) < 4.78 is 2.25. The van der Waals surface area contributed by atoms with Crippen LogP contribution in [0.5, 0.6) is 0 Å². The summed E-state index contributed by atoms with van der Waals surface area (Å²) in [6.07, 6.45) is 3.05. The number of aromatic nitrogens is 3. The molecular weight excluding hydrogens is 272 g/mol. The van der Waals surface area contributed by atoms with Crippen LogP contribution in [0.4, 0.5) is 5.95 Å². The number of hydrogen-bond acceptors (Lipinski definition) is 5. The third-order valence-electron chi connectivity index (χ3n) is 1.80. The third-order valence-corrected chi connectivity index (χ3v) is 2.29. The van der Waals surface area contributed by atoms with E-state index >= 15 is 0 Å². The molecule has 16 heavy (non-hydrogen) atoms. The SMILES string of the molecule is Nn1cnnc1N/N=C\c1cccc(Br)c1. The van der Waals surface area contributed by atoms with E-state index in [1.54, 1.807) is 6.21 Å². The molecule has 0 amide bonds. The van der Waals surface area contributed by atoms with Crippen molar-refractivity contribution in [3.63, 3.8) is 0 Å². The van der Waals surface area contributed by atoms with Crippen LogP contribution in [0.25, 0.3) is 0 Å². The van der Waals surface area contributed by atoms with Crippen molar-refractivity contribution >= 4 is 28.1 Å². The average molecular weight is 281 g/mol. The molecule has 0 saturated carbocycles. The zero-order valence-corrected chi connectivity index (χ0v) is 9.79. The van der Waals surface area contributed by atoms with E-state index in [1.807, 2.05) is 24.3 Å². The molecule has 0 aliphatic rings. The Balaban J connectivity index is 2.03. The predicted octanol–water partition coefficient (Wildman–Crippen LogP) is 1.20. The van der Waals surface area contributed by atoms with Crippen molar-refractivity contribution in [1.82, 2.24) is 14.9 Å². The quantitative estimate of drug-likeness (QED) is 0.503. The van der Waals surface area contributed by atoms with Gasteiger partial charge in [0.05, 0.1) is 6.21 Å². The molecule has 2 aromatic rings. The van der Waals surface area contributed by atoms with E-state index < -0.39 is 0 Å². The van der Waals surface area contributed by atoms with Gasteiger partial charge in [0.15, 0.2) is 0 Å². The second-order valence-electron chi connectivity index (χ2n) is 2.99. The number of nitrogen functional groups attached to an aromatic ring is 1. The number of anilines is 1. The summed E-state index contributed by atoms with van der Waals surface area (Å²) in [7, 11) is 0. The van der Waals surface area contributed by atoms with Crippen LogP contribution in [0.1, 0.15) is 5.56 Å². The lowest BCUT2D eigenvalue weighted by Crippen LogP contribution is -2.10. The van der Waals surface area contributed by atoms with Gasteiger partial charge in [0, 0.05) is 4.47 Å². The number of hydrogen-bond donors (Lipinski definition) is 2. The van der Waals surface area contributed by atoms with Crippen molar-refractivity contribution in [3.05, 3.63) is 40.6 Å². The van der Waals surface area contributed by atoms with Crippen LogP contribution in [0, 0.1) is 0 Å². The van der Waals surface area contributed by atoms with Crippen molar-refractivity contribution in [2.75, 3.05) is 11.3 Å². The molecule has 0 radical (unpaired) electrons. The van der Waals surface area contributed by atoms with Gasteiger partial charge in [0.2, 0.25) is 0 Å². The van der Waals surface area contributed by atoms with E-state index in [2.05, 4.69) is 36.7 Å².